The standard InChI is InChI=1S/C17H21BrN2O3S2/c1-4-20(5-2)25(22,23)14-8-6-13(7-9-14)12(3)19-17(21)15-10-11-16(18)24-15/h6-12H,4-5H2,1-3H3,(H,19,21). The van der Waals surface area contributed by atoms with Gasteiger partial charge in [-0.15, -0.1) is 11.3 Å². The fourth-order valence-corrected chi connectivity index (χ4v) is 5.18. The summed E-state index contributed by atoms with van der Waals surface area (Å²) in [6, 6.07) is 10.0. The molecule has 0 saturated carbocycles. The van der Waals surface area contributed by atoms with E-state index in [2.05, 4.69) is 21.2 Å². The Hall–Kier alpha value is -1.22. The fourth-order valence-electron chi connectivity index (χ4n) is 2.43. The van der Waals surface area contributed by atoms with Crippen molar-refractivity contribution in [3.8, 4) is 0 Å². The highest BCUT2D eigenvalue weighted by Gasteiger charge is 2.21. The lowest BCUT2D eigenvalue weighted by Crippen LogP contribution is -2.30. The first kappa shape index (κ1) is 20.1. The quantitative estimate of drug-likeness (QED) is 0.700. The molecular weight excluding hydrogens is 424 g/mol. The molecule has 1 unspecified atom stereocenters. The van der Waals surface area contributed by atoms with Crippen LogP contribution in [-0.4, -0.2) is 31.7 Å². The van der Waals surface area contributed by atoms with Crippen LogP contribution in [0, 0.1) is 0 Å². The van der Waals surface area contributed by atoms with Gasteiger partial charge in [0.2, 0.25) is 10.0 Å². The van der Waals surface area contributed by atoms with Crippen molar-refractivity contribution in [3.05, 3.63) is 50.6 Å². The lowest BCUT2D eigenvalue weighted by atomic mass is 10.1. The van der Waals surface area contributed by atoms with Gasteiger partial charge in [0.1, 0.15) is 0 Å². The highest BCUT2D eigenvalue weighted by Crippen LogP contribution is 2.23. The average molecular weight is 445 g/mol. The second kappa shape index (κ2) is 8.44. The molecule has 0 aliphatic heterocycles. The van der Waals surface area contributed by atoms with Crippen LogP contribution in [0.3, 0.4) is 0 Å². The third kappa shape index (κ3) is 4.69. The van der Waals surface area contributed by atoms with Crippen LogP contribution in [0.2, 0.25) is 0 Å². The molecule has 0 radical (unpaired) electrons. The van der Waals surface area contributed by atoms with E-state index in [4.69, 9.17) is 0 Å². The van der Waals surface area contributed by atoms with E-state index < -0.39 is 10.0 Å². The number of nitrogens with one attached hydrogen (secondary N) is 1. The Bertz CT molecular complexity index is 828. The predicted octanol–water partition coefficient (Wildman–Crippen LogP) is 4.03. The van der Waals surface area contributed by atoms with Gasteiger partial charge in [0.25, 0.3) is 5.91 Å². The van der Waals surface area contributed by atoms with Gasteiger partial charge in [-0.1, -0.05) is 26.0 Å². The van der Waals surface area contributed by atoms with Gasteiger partial charge in [0, 0.05) is 13.1 Å². The first-order valence-corrected chi connectivity index (χ1v) is 11.0. The molecule has 1 heterocycles. The van der Waals surface area contributed by atoms with Crippen molar-refractivity contribution in [2.45, 2.75) is 31.7 Å². The second-order valence-electron chi connectivity index (χ2n) is 5.46. The van der Waals surface area contributed by atoms with E-state index in [9.17, 15) is 13.2 Å². The molecule has 0 bridgehead atoms. The molecule has 25 heavy (non-hydrogen) atoms. The Labute approximate surface area is 161 Å². The SMILES string of the molecule is CCN(CC)S(=O)(=O)c1ccc(C(C)NC(=O)c2ccc(Br)s2)cc1. The minimum absolute atomic E-state index is 0.150. The number of halogens is 1. The Morgan fingerprint density at radius 2 is 1.76 bits per heavy atom. The molecule has 1 N–H and O–H groups in total. The highest BCUT2D eigenvalue weighted by atomic mass is 79.9. The van der Waals surface area contributed by atoms with Gasteiger partial charge in [-0.2, -0.15) is 4.31 Å². The van der Waals surface area contributed by atoms with Crippen LogP contribution in [0.15, 0.2) is 45.1 Å². The predicted molar refractivity (Wildman–Crippen MR) is 104 cm³/mol. The minimum Gasteiger partial charge on any atom is -0.345 e. The van der Waals surface area contributed by atoms with E-state index in [1.54, 1.807) is 30.3 Å². The van der Waals surface area contributed by atoms with Crippen LogP contribution in [0.4, 0.5) is 0 Å². The maximum absolute atomic E-state index is 12.5. The maximum atomic E-state index is 12.5. The summed E-state index contributed by atoms with van der Waals surface area (Å²) in [5.41, 5.74) is 0.850. The molecule has 1 atom stereocenters. The van der Waals surface area contributed by atoms with E-state index in [1.165, 1.54) is 15.6 Å². The molecular formula is C17H21BrN2O3S2. The second-order valence-corrected chi connectivity index (χ2v) is 9.86. The summed E-state index contributed by atoms with van der Waals surface area (Å²) in [6.45, 7) is 6.37. The van der Waals surface area contributed by atoms with E-state index in [-0.39, 0.29) is 16.8 Å². The maximum Gasteiger partial charge on any atom is 0.261 e. The summed E-state index contributed by atoms with van der Waals surface area (Å²) in [6.07, 6.45) is 0. The lowest BCUT2D eigenvalue weighted by Gasteiger charge is -2.19. The third-order valence-corrected chi connectivity index (χ3v) is 7.55. The number of benzene rings is 1. The van der Waals surface area contributed by atoms with Crippen LogP contribution in [0.25, 0.3) is 0 Å². The van der Waals surface area contributed by atoms with Crippen LogP contribution in [-0.2, 0) is 10.0 Å². The summed E-state index contributed by atoms with van der Waals surface area (Å²) < 4.78 is 27.3. The minimum atomic E-state index is -3.46. The van der Waals surface area contributed by atoms with Crippen molar-refractivity contribution in [1.29, 1.82) is 0 Å². The summed E-state index contributed by atoms with van der Waals surface area (Å²) in [5.74, 6) is -0.150. The monoisotopic (exact) mass is 444 g/mol. The largest absolute Gasteiger partial charge is 0.345 e. The van der Waals surface area contributed by atoms with E-state index >= 15 is 0 Å². The molecule has 5 nitrogen and oxygen atoms in total. The first-order chi connectivity index (χ1) is 11.8. The molecule has 0 aliphatic rings. The third-order valence-electron chi connectivity index (χ3n) is 3.87. The summed E-state index contributed by atoms with van der Waals surface area (Å²) in [4.78, 5) is 13.1. The Morgan fingerprint density at radius 1 is 1.16 bits per heavy atom. The van der Waals surface area contributed by atoms with Gasteiger partial charge >= 0.3 is 0 Å². The number of hydrogen-bond donors (Lipinski definition) is 1. The zero-order chi connectivity index (χ0) is 18.6. The zero-order valence-corrected chi connectivity index (χ0v) is 17.5. The van der Waals surface area contributed by atoms with Gasteiger partial charge in [0.15, 0.2) is 0 Å². The molecule has 0 aliphatic carbocycles. The summed E-state index contributed by atoms with van der Waals surface area (Å²) in [5, 5.41) is 2.92. The molecule has 0 fully saturated rings. The van der Waals surface area contributed by atoms with Crippen LogP contribution in [0.5, 0.6) is 0 Å². The highest BCUT2D eigenvalue weighted by molar-refractivity contribution is 9.11. The van der Waals surface area contributed by atoms with E-state index in [0.717, 1.165) is 9.35 Å². The smallest absolute Gasteiger partial charge is 0.261 e. The number of carbonyl (C=O) groups excluding carboxylic acids is 1. The van der Waals surface area contributed by atoms with Gasteiger partial charge in [0.05, 0.1) is 19.6 Å². The Balaban J connectivity index is 2.12. The topological polar surface area (TPSA) is 66.5 Å². The number of amides is 1. The van der Waals surface area contributed by atoms with Crippen molar-refractivity contribution in [3.63, 3.8) is 0 Å². The zero-order valence-electron chi connectivity index (χ0n) is 14.3. The summed E-state index contributed by atoms with van der Waals surface area (Å²) in [7, 11) is -3.46. The molecule has 2 rings (SSSR count). The molecule has 0 saturated heterocycles. The molecule has 1 aromatic heterocycles. The first-order valence-electron chi connectivity index (χ1n) is 7.95. The van der Waals surface area contributed by atoms with Gasteiger partial charge < -0.3 is 5.32 Å². The van der Waals surface area contributed by atoms with Crippen LogP contribution >= 0.6 is 27.3 Å². The Morgan fingerprint density at radius 3 is 2.24 bits per heavy atom. The van der Waals surface area contributed by atoms with Gasteiger partial charge in [-0.05, 0) is 52.7 Å². The van der Waals surface area contributed by atoms with Crippen molar-refractivity contribution < 1.29 is 13.2 Å². The molecule has 2 aromatic rings. The van der Waals surface area contributed by atoms with Crippen molar-refractivity contribution in [2.24, 2.45) is 0 Å². The van der Waals surface area contributed by atoms with Crippen molar-refractivity contribution in [2.75, 3.05) is 13.1 Å². The molecule has 0 spiro atoms. The number of sulfonamides is 1. The number of carbonyl (C=O) groups is 1. The normalized spacial score (nSPS) is 13.0. The van der Waals surface area contributed by atoms with Gasteiger partial charge in [-0.25, -0.2) is 8.42 Å². The molecule has 1 amide bonds. The van der Waals surface area contributed by atoms with Crippen molar-refractivity contribution >= 4 is 43.2 Å². The molecule has 136 valence electrons. The van der Waals surface area contributed by atoms with Crippen LogP contribution < -0.4 is 5.32 Å². The van der Waals surface area contributed by atoms with Gasteiger partial charge in [-0.3, -0.25) is 4.79 Å². The Kier molecular flexibility index (Phi) is 6.79. The number of nitrogens with zero attached hydrogens (tertiary/aromatic N) is 1. The lowest BCUT2D eigenvalue weighted by molar-refractivity contribution is 0.0944. The fraction of sp³-hybridized carbons (Fsp3) is 0.353. The average Bonchev–Trinajstić information content (AvgIpc) is 3.02. The summed E-state index contributed by atoms with van der Waals surface area (Å²) >= 11 is 4.71. The number of hydrogen-bond acceptors (Lipinski definition) is 4. The molecule has 1 aromatic carbocycles. The number of rotatable bonds is 7. The van der Waals surface area contributed by atoms with Crippen molar-refractivity contribution in [1.82, 2.24) is 9.62 Å². The number of thiophene rings is 1. The molecule has 8 heteroatoms. The van der Waals surface area contributed by atoms with E-state index in [1.807, 2.05) is 26.8 Å². The van der Waals surface area contributed by atoms with Crippen LogP contribution in [0.1, 0.15) is 42.0 Å². The van der Waals surface area contributed by atoms with E-state index in [0.29, 0.717) is 18.0 Å².